The molecule has 0 radical (unpaired) electrons. The fourth-order valence-corrected chi connectivity index (χ4v) is 4.08. The predicted molar refractivity (Wildman–Crippen MR) is 109 cm³/mol. The Morgan fingerprint density at radius 2 is 2.10 bits per heavy atom. The number of nitrogens with zero attached hydrogens (tertiary/aromatic N) is 4. The third kappa shape index (κ3) is 3.74. The number of aryl methyl sites for hydroxylation is 1. The van der Waals surface area contributed by atoms with Crippen LogP contribution in [0.2, 0.25) is 0 Å². The van der Waals surface area contributed by atoms with E-state index in [1.165, 1.54) is 17.0 Å². The highest BCUT2D eigenvalue weighted by Gasteiger charge is 2.48. The number of hydrogen-bond donors (Lipinski definition) is 0. The number of likely N-dealkylation sites (tertiary alicyclic amines) is 1. The maximum absolute atomic E-state index is 14.6. The van der Waals surface area contributed by atoms with Gasteiger partial charge in [0.25, 0.3) is 5.92 Å². The highest BCUT2D eigenvalue weighted by molar-refractivity contribution is 5.83. The molecule has 2 atom stereocenters. The molecule has 30 heavy (non-hydrogen) atoms. The van der Waals surface area contributed by atoms with Crippen LogP contribution in [0.5, 0.6) is 5.88 Å². The molecule has 1 saturated heterocycles. The maximum atomic E-state index is 14.6. The van der Waals surface area contributed by atoms with Crippen molar-refractivity contribution in [3.63, 3.8) is 0 Å². The lowest BCUT2D eigenvalue weighted by Crippen LogP contribution is -2.56. The number of piperidine rings is 1. The summed E-state index contributed by atoms with van der Waals surface area (Å²) in [6.07, 6.45) is 6.24. The SMILES string of the molecule is C=Cc1ccc(OC2CN(C(=O)C3CCCn4ccnc43)CCC2(F)F)nc1C=C. The molecule has 158 valence electrons. The van der Waals surface area contributed by atoms with Gasteiger partial charge in [0.05, 0.1) is 18.2 Å². The second-order valence-corrected chi connectivity index (χ2v) is 7.61. The van der Waals surface area contributed by atoms with E-state index in [0.717, 1.165) is 18.5 Å². The minimum atomic E-state index is -3.06. The molecule has 2 aromatic heterocycles. The van der Waals surface area contributed by atoms with Crippen LogP contribution in [0, 0.1) is 0 Å². The van der Waals surface area contributed by atoms with Crippen molar-refractivity contribution in [1.29, 1.82) is 0 Å². The van der Waals surface area contributed by atoms with E-state index in [4.69, 9.17) is 4.74 Å². The van der Waals surface area contributed by atoms with Crippen molar-refractivity contribution in [2.75, 3.05) is 13.1 Å². The third-order valence-corrected chi connectivity index (χ3v) is 5.74. The number of imidazole rings is 1. The van der Waals surface area contributed by atoms with Crippen molar-refractivity contribution in [3.8, 4) is 5.88 Å². The van der Waals surface area contributed by atoms with Gasteiger partial charge in [-0.1, -0.05) is 19.2 Å². The average molecular weight is 414 g/mol. The number of ether oxygens (including phenoxy) is 1. The Balaban J connectivity index is 1.52. The van der Waals surface area contributed by atoms with Crippen LogP contribution >= 0.6 is 0 Å². The molecular weight excluding hydrogens is 390 g/mol. The molecule has 8 heteroatoms. The number of pyridine rings is 1. The fraction of sp³-hybridized carbons (Fsp3) is 0.409. The van der Waals surface area contributed by atoms with Gasteiger partial charge in [0.2, 0.25) is 11.8 Å². The molecule has 4 rings (SSSR count). The average Bonchev–Trinajstić information content (AvgIpc) is 3.23. The van der Waals surface area contributed by atoms with E-state index in [-0.39, 0.29) is 24.9 Å². The summed E-state index contributed by atoms with van der Waals surface area (Å²) in [7, 11) is 0. The van der Waals surface area contributed by atoms with Crippen molar-refractivity contribution in [2.24, 2.45) is 0 Å². The third-order valence-electron chi connectivity index (χ3n) is 5.74. The molecule has 2 aromatic rings. The number of fused-ring (bicyclic) bond motifs is 1. The number of carbonyl (C=O) groups is 1. The highest BCUT2D eigenvalue weighted by atomic mass is 19.3. The summed E-state index contributed by atoms with van der Waals surface area (Å²) >= 11 is 0. The zero-order chi connectivity index (χ0) is 21.3. The first-order chi connectivity index (χ1) is 14.4. The Labute approximate surface area is 173 Å². The predicted octanol–water partition coefficient (Wildman–Crippen LogP) is 3.76. The van der Waals surface area contributed by atoms with Gasteiger partial charge in [-0.25, -0.2) is 18.7 Å². The number of carbonyl (C=O) groups excluding carboxylic acids is 1. The first kappa shape index (κ1) is 20.3. The fourth-order valence-electron chi connectivity index (χ4n) is 4.08. The summed E-state index contributed by atoms with van der Waals surface area (Å²) in [6.45, 7) is 7.99. The smallest absolute Gasteiger partial charge is 0.287 e. The van der Waals surface area contributed by atoms with Crippen molar-refractivity contribution in [1.82, 2.24) is 19.4 Å². The lowest BCUT2D eigenvalue weighted by molar-refractivity contribution is -0.158. The van der Waals surface area contributed by atoms with E-state index in [0.29, 0.717) is 17.9 Å². The zero-order valence-corrected chi connectivity index (χ0v) is 16.6. The molecule has 4 heterocycles. The molecule has 1 amide bonds. The minimum absolute atomic E-state index is 0.0103. The first-order valence-electron chi connectivity index (χ1n) is 10.0. The van der Waals surface area contributed by atoms with E-state index < -0.39 is 24.4 Å². The number of aromatic nitrogens is 3. The summed E-state index contributed by atoms with van der Waals surface area (Å²) in [5, 5.41) is 0. The second-order valence-electron chi connectivity index (χ2n) is 7.61. The molecular formula is C22H24F2N4O2. The van der Waals surface area contributed by atoms with Crippen LogP contribution in [0.1, 0.15) is 42.3 Å². The van der Waals surface area contributed by atoms with E-state index >= 15 is 0 Å². The van der Waals surface area contributed by atoms with Crippen molar-refractivity contribution in [2.45, 2.75) is 43.8 Å². The molecule has 0 spiro atoms. The number of rotatable bonds is 5. The molecule has 0 aliphatic carbocycles. The molecule has 0 N–H and O–H groups in total. The first-order valence-corrected chi connectivity index (χ1v) is 10.0. The standard InChI is InChI=1S/C22H24F2N4O2/c1-3-15-7-8-19(26-17(15)4-2)30-18-14-28(12-9-22(18,23)24)21(29)16-6-5-11-27-13-10-25-20(16)27/h3-4,7-8,10,13,16,18H,1-2,5-6,9,11-12,14H2. The summed E-state index contributed by atoms with van der Waals surface area (Å²) in [5.74, 6) is -2.86. The van der Waals surface area contributed by atoms with Crippen LogP contribution in [0.4, 0.5) is 8.78 Å². The normalized spacial score (nSPS) is 22.8. The monoisotopic (exact) mass is 414 g/mol. The second kappa shape index (κ2) is 8.01. The summed E-state index contributed by atoms with van der Waals surface area (Å²) in [6, 6.07) is 3.22. The number of halogens is 2. The van der Waals surface area contributed by atoms with Crippen LogP contribution in [-0.4, -0.2) is 50.5 Å². The van der Waals surface area contributed by atoms with E-state index in [1.807, 2.05) is 10.8 Å². The quantitative estimate of drug-likeness (QED) is 0.748. The van der Waals surface area contributed by atoms with Gasteiger partial charge in [-0.05, 0) is 30.5 Å². The Kier molecular flexibility index (Phi) is 5.40. The van der Waals surface area contributed by atoms with E-state index in [1.54, 1.807) is 18.3 Å². The summed E-state index contributed by atoms with van der Waals surface area (Å²) < 4.78 is 36.8. The lowest BCUT2D eigenvalue weighted by atomic mass is 9.95. The van der Waals surface area contributed by atoms with Crippen molar-refractivity contribution >= 4 is 18.1 Å². The topological polar surface area (TPSA) is 60.2 Å². The number of hydrogen-bond acceptors (Lipinski definition) is 4. The van der Waals surface area contributed by atoms with Gasteiger partial charge in [0.1, 0.15) is 5.82 Å². The molecule has 0 saturated carbocycles. The van der Waals surface area contributed by atoms with Gasteiger partial charge in [-0.2, -0.15) is 0 Å². The van der Waals surface area contributed by atoms with Gasteiger partial charge in [-0.15, -0.1) is 0 Å². The van der Waals surface area contributed by atoms with Gasteiger partial charge >= 0.3 is 0 Å². The molecule has 0 aromatic carbocycles. The van der Waals surface area contributed by atoms with Gasteiger partial charge in [-0.3, -0.25) is 4.79 Å². The maximum Gasteiger partial charge on any atom is 0.287 e. The molecule has 2 aliphatic rings. The van der Waals surface area contributed by atoms with Gasteiger partial charge < -0.3 is 14.2 Å². The van der Waals surface area contributed by atoms with Crippen LogP contribution in [0.3, 0.4) is 0 Å². The number of amides is 1. The van der Waals surface area contributed by atoms with Crippen molar-refractivity contribution < 1.29 is 18.3 Å². The molecule has 2 unspecified atom stereocenters. The van der Waals surface area contributed by atoms with E-state index in [2.05, 4.69) is 23.1 Å². The Hall–Kier alpha value is -3.03. The molecule has 6 nitrogen and oxygen atoms in total. The van der Waals surface area contributed by atoms with Crippen molar-refractivity contribution in [3.05, 3.63) is 54.8 Å². The van der Waals surface area contributed by atoms with Crippen LogP contribution in [0.15, 0.2) is 37.7 Å². The van der Waals surface area contributed by atoms with Gasteiger partial charge in [0, 0.05) is 38.0 Å². The molecule has 1 fully saturated rings. The Morgan fingerprint density at radius 1 is 1.27 bits per heavy atom. The van der Waals surface area contributed by atoms with Crippen LogP contribution < -0.4 is 4.74 Å². The van der Waals surface area contributed by atoms with Gasteiger partial charge in [0.15, 0.2) is 6.10 Å². The Bertz CT molecular complexity index is 972. The number of alkyl halides is 2. The minimum Gasteiger partial charge on any atom is -0.466 e. The highest BCUT2D eigenvalue weighted by Crippen LogP contribution is 2.34. The summed E-state index contributed by atoms with van der Waals surface area (Å²) in [4.78, 5) is 23.2. The zero-order valence-electron chi connectivity index (χ0n) is 16.6. The lowest BCUT2D eigenvalue weighted by Gasteiger charge is -2.39. The Morgan fingerprint density at radius 3 is 2.87 bits per heavy atom. The summed E-state index contributed by atoms with van der Waals surface area (Å²) in [5.41, 5.74) is 1.24. The van der Waals surface area contributed by atoms with Crippen LogP contribution in [0.25, 0.3) is 12.2 Å². The molecule has 0 bridgehead atoms. The van der Waals surface area contributed by atoms with E-state index in [9.17, 15) is 13.6 Å². The molecule has 2 aliphatic heterocycles. The van der Waals surface area contributed by atoms with Crippen LogP contribution in [-0.2, 0) is 11.3 Å². The largest absolute Gasteiger partial charge is 0.466 e.